The zero-order valence-corrected chi connectivity index (χ0v) is 17.6. The summed E-state index contributed by atoms with van der Waals surface area (Å²) in [7, 11) is 4.72. The van der Waals surface area contributed by atoms with Crippen LogP contribution >= 0.6 is 0 Å². The largest absolute Gasteiger partial charge is 0.497 e. The Morgan fingerprint density at radius 2 is 1.77 bits per heavy atom. The molecular weight excluding hydrogens is 384 g/mol. The second-order valence-corrected chi connectivity index (χ2v) is 6.96. The maximum absolute atomic E-state index is 13.0. The Labute approximate surface area is 176 Å². The standard InChI is InChI=1S/C24H26O6/c1-5-30-24(26)23-19(16-9-10-21(28-3)22(14-16)29-4)12-17(13-20(23)25)15-7-6-8-18(11-15)27-2/h6-11,13-14,19,23H,5,12H2,1-4H3/t19-,23+/m1/s1. The molecule has 0 spiro atoms. The maximum Gasteiger partial charge on any atom is 0.317 e. The Balaban J connectivity index is 2.06. The number of carbonyl (C=O) groups is 2. The molecule has 2 aromatic rings. The van der Waals surface area contributed by atoms with Crippen LogP contribution in [0.15, 0.2) is 48.5 Å². The van der Waals surface area contributed by atoms with Crippen LogP contribution in [0.3, 0.4) is 0 Å². The Morgan fingerprint density at radius 1 is 1.00 bits per heavy atom. The highest BCUT2D eigenvalue weighted by molar-refractivity contribution is 6.10. The number of rotatable bonds is 7. The van der Waals surface area contributed by atoms with E-state index in [9.17, 15) is 9.59 Å². The van der Waals surface area contributed by atoms with Crippen molar-refractivity contribution < 1.29 is 28.5 Å². The molecule has 0 saturated carbocycles. The summed E-state index contributed by atoms with van der Waals surface area (Å²) in [6.45, 7) is 1.95. The Kier molecular flexibility index (Phi) is 6.77. The number of hydrogen-bond donors (Lipinski definition) is 0. The summed E-state index contributed by atoms with van der Waals surface area (Å²) in [5.74, 6) is -0.237. The van der Waals surface area contributed by atoms with Crippen LogP contribution in [-0.2, 0) is 14.3 Å². The van der Waals surface area contributed by atoms with Gasteiger partial charge in [0, 0.05) is 5.92 Å². The topological polar surface area (TPSA) is 71.1 Å². The minimum absolute atomic E-state index is 0.216. The normalized spacial score (nSPS) is 18.4. The van der Waals surface area contributed by atoms with Crippen LogP contribution in [0.2, 0.25) is 0 Å². The SMILES string of the molecule is CCOC(=O)[C@@H]1C(=O)C=C(c2cccc(OC)c2)C[C@@H]1c1ccc(OC)c(OC)c1. The molecule has 158 valence electrons. The molecule has 0 fully saturated rings. The monoisotopic (exact) mass is 410 g/mol. The van der Waals surface area contributed by atoms with Crippen LogP contribution in [0, 0.1) is 5.92 Å². The predicted molar refractivity (Wildman–Crippen MR) is 113 cm³/mol. The summed E-state index contributed by atoms with van der Waals surface area (Å²) in [5.41, 5.74) is 2.54. The maximum atomic E-state index is 13.0. The molecule has 0 bridgehead atoms. The fraction of sp³-hybridized carbons (Fsp3) is 0.333. The average Bonchev–Trinajstić information content (AvgIpc) is 2.78. The summed E-state index contributed by atoms with van der Waals surface area (Å²) >= 11 is 0. The molecule has 0 radical (unpaired) electrons. The molecule has 0 unspecified atom stereocenters. The first-order valence-electron chi connectivity index (χ1n) is 9.79. The highest BCUT2D eigenvalue weighted by Gasteiger charge is 2.40. The van der Waals surface area contributed by atoms with Crippen LogP contribution in [0.1, 0.15) is 30.4 Å². The number of allylic oxidation sites excluding steroid dienone is 2. The Morgan fingerprint density at radius 3 is 2.43 bits per heavy atom. The quantitative estimate of drug-likeness (QED) is 0.507. The molecule has 30 heavy (non-hydrogen) atoms. The van der Waals surface area contributed by atoms with Crippen molar-refractivity contribution in [3.63, 3.8) is 0 Å². The lowest BCUT2D eigenvalue weighted by atomic mass is 9.73. The number of ether oxygens (including phenoxy) is 4. The molecule has 1 aliphatic rings. The lowest BCUT2D eigenvalue weighted by Gasteiger charge is -2.30. The summed E-state index contributed by atoms with van der Waals surface area (Å²) in [5, 5.41) is 0. The predicted octanol–water partition coefficient (Wildman–Crippen LogP) is 4.03. The molecule has 2 atom stereocenters. The Hall–Kier alpha value is -3.28. The van der Waals surface area contributed by atoms with E-state index in [4.69, 9.17) is 18.9 Å². The van der Waals surface area contributed by atoms with Gasteiger partial charge in [0.15, 0.2) is 17.3 Å². The van der Waals surface area contributed by atoms with E-state index in [1.807, 2.05) is 36.4 Å². The first-order valence-corrected chi connectivity index (χ1v) is 9.79. The van der Waals surface area contributed by atoms with Crippen molar-refractivity contribution in [2.45, 2.75) is 19.3 Å². The molecule has 0 N–H and O–H groups in total. The van der Waals surface area contributed by atoms with Gasteiger partial charge >= 0.3 is 5.97 Å². The smallest absolute Gasteiger partial charge is 0.317 e. The van der Waals surface area contributed by atoms with Gasteiger partial charge in [0.05, 0.1) is 27.9 Å². The van der Waals surface area contributed by atoms with Gasteiger partial charge in [0.1, 0.15) is 11.7 Å². The zero-order valence-electron chi connectivity index (χ0n) is 17.6. The van der Waals surface area contributed by atoms with Gasteiger partial charge in [-0.05, 0) is 60.4 Å². The zero-order chi connectivity index (χ0) is 21.7. The van der Waals surface area contributed by atoms with Crippen LogP contribution in [0.25, 0.3) is 5.57 Å². The third-order valence-electron chi connectivity index (χ3n) is 5.28. The molecule has 6 nitrogen and oxygen atoms in total. The molecule has 0 saturated heterocycles. The lowest BCUT2D eigenvalue weighted by molar-refractivity contribution is -0.151. The molecule has 0 heterocycles. The van der Waals surface area contributed by atoms with Crippen molar-refractivity contribution in [2.24, 2.45) is 5.92 Å². The average molecular weight is 410 g/mol. The van der Waals surface area contributed by atoms with Gasteiger partial charge in [-0.1, -0.05) is 18.2 Å². The first kappa shape index (κ1) is 21.4. The Bertz CT molecular complexity index is 962. The van der Waals surface area contributed by atoms with Crippen LogP contribution in [0.4, 0.5) is 0 Å². The molecular formula is C24H26O6. The van der Waals surface area contributed by atoms with Gasteiger partial charge in [0.25, 0.3) is 0 Å². The minimum Gasteiger partial charge on any atom is -0.497 e. The molecule has 0 aromatic heterocycles. The van der Waals surface area contributed by atoms with Gasteiger partial charge in [-0.15, -0.1) is 0 Å². The summed E-state index contributed by atoms with van der Waals surface area (Å²) in [6, 6.07) is 13.0. The van der Waals surface area contributed by atoms with Crippen molar-refractivity contribution in [1.29, 1.82) is 0 Å². The van der Waals surface area contributed by atoms with E-state index in [-0.39, 0.29) is 18.3 Å². The highest BCUT2D eigenvalue weighted by Crippen LogP contribution is 2.43. The van der Waals surface area contributed by atoms with Crippen LogP contribution in [-0.4, -0.2) is 39.7 Å². The molecule has 0 amide bonds. The van der Waals surface area contributed by atoms with Gasteiger partial charge in [0.2, 0.25) is 0 Å². The van der Waals surface area contributed by atoms with Gasteiger partial charge in [-0.3, -0.25) is 9.59 Å². The summed E-state index contributed by atoms with van der Waals surface area (Å²) in [4.78, 5) is 25.7. The first-order chi connectivity index (χ1) is 14.5. The molecule has 2 aromatic carbocycles. The number of carbonyl (C=O) groups excluding carboxylic acids is 2. The fourth-order valence-corrected chi connectivity index (χ4v) is 3.80. The van der Waals surface area contributed by atoms with E-state index in [0.29, 0.717) is 23.7 Å². The second kappa shape index (κ2) is 9.48. The van der Waals surface area contributed by atoms with E-state index < -0.39 is 11.9 Å². The van der Waals surface area contributed by atoms with Crippen molar-refractivity contribution in [2.75, 3.05) is 27.9 Å². The van der Waals surface area contributed by atoms with E-state index >= 15 is 0 Å². The number of esters is 1. The number of methoxy groups -OCH3 is 3. The second-order valence-electron chi connectivity index (χ2n) is 6.96. The van der Waals surface area contributed by atoms with E-state index in [0.717, 1.165) is 16.7 Å². The molecule has 3 rings (SSSR count). The van der Waals surface area contributed by atoms with Gasteiger partial charge in [-0.25, -0.2) is 0 Å². The molecule has 1 aliphatic carbocycles. The van der Waals surface area contributed by atoms with Crippen molar-refractivity contribution in [3.8, 4) is 17.2 Å². The third-order valence-corrected chi connectivity index (χ3v) is 5.28. The number of benzene rings is 2. The van der Waals surface area contributed by atoms with E-state index in [1.165, 1.54) is 0 Å². The number of ketones is 1. The van der Waals surface area contributed by atoms with E-state index in [1.54, 1.807) is 40.4 Å². The fourth-order valence-electron chi connectivity index (χ4n) is 3.80. The van der Waals surface area contributed by atoms with Gasteiger partial charge in [-0.2, -0.15) is 0 Å². The van der Waals surface area contributed by atoms with Gasteiger partial charge < -0.3 is 18.9 Å². The number of hydrogen-bond acceptors (Lipinski definition) is 6. The van der Waals surface area contributed by atoms with Crippen molar-refractivity contribution in [3.05, 3.63) is 59.7 Å². The van der Waals surface area contributed by atoms with Crippen molar-refractivity contribution >= 4 is 17.3 Å². The third kappa shape index (κ3) is 4.32. The molecule has 0 aliphatic heterocycles. The van der Waals surface area contributed by atoms with Crippen LogP contribution in [0.5, 0.6) is 17.2 Å². The summed E-state index contributed by atoms with van der Waals surface area (Å²) < 4.78 is 21.3. The minimum atomic E-state index is -0.905. The van der Waals surface area contributed by atoms with Crippen molar-refractivity contribution in [1.82, 2.24) is 0 Å². The summed E-state index contributed by atoms with van der Waals surface area (Å²) in [6.07, 6.45) is 2.05. The highest BCUT2D eigenvalue weighted by atomic mass is 16.5. The lowest BCUT2D eigenvalue weighted by Crippen LogP contribution is -2.34. The van der Waals surface area contributed by atoms with Crippen LogP contribution < -0.4 is 14.2 Å². The molecule has 6 heteroatoms. The van der Waals surface area contributed by atoms with E-state index in [2.05, 4.69) is 0 Å².